The van der Waals surface area contributed by atoms with Gasteiger partial charge in [-0.05, 0) is 31.4 Å². The zero-order valence-electron chi connectivity index (χ0n) is 13.7. The predicted molar refractivity (Wildman–Crippen MR) is 99.0 cm³/mol. The molecule has 0 spiro atoms. The third kappa shape index (κ3) is 2.40. The maximum Gasteiger partial charge on any atom is 0.152 e. The highest BCUT2D eigenvalue weighted by Crippen LogP contribution is 2.31. The van der Waals surface area contributed by atoms with Gasteiger partial charge in [-0.25, -0.2) is 4.98 Å². The normalized spacial score (nSPS) is 11.4. The van der Waals surface area contributed by atoms with E-state index in [4.69, 9.17) is 10.8 Å². The molecule has 4 heteroatoms. The molecule has 0 radical (unpaired) electrons. The minimum absolute atomic E-state index is 0.511. The van der Waals surface area contributed by atoms with Gasteiger partial charge in [0.2, 0.25) is 0 Å². The Morgan fingerprint density at radius 2 is 1.71 bits per heavy atom. The third-order valence-electron chi connectivity index (χ3n) is 4.51. The zero-order chi connectivity index (χ0) is 16.5. The summed E-state index contributed by atoms with van der Waals surface area (Å²) >= 11 is 0. The van der Waals surface area contributed by atoms with Gasteiger partial charge in [-0.1, -0.05) is 48.5 Å². The fraction of sp³-hybridized carbons (Fsp3) is 0.200. The van der Waals surface area contributed by atoms with E-state index in [2.05, 4.69) is 53.0 Å². The van der Waals surface area contributed by atoms with Crippen LogP contribution in [-0.2, 0) is 19.4 Å². The largest absolute Gasteiger partial charge is 0.382 e. The van der Waals surface area contributed by atoms with Crippen molar-refractivity contribution in [3.05, 3.63) is 65.9 Å². The Bertz CT molecular complexity index is 1000. The van der Waals surface area contributed by atoms with Gasteiger partial charge in [0.05, 0.1) is 5.52 Å². The Morgan fingerprint density at radius 3 is 2.50 bits per heavy atom. The number of anilines is 1. The quantitative estimate of drug-likeness (QED) is 0.620. The topological polar surface area (TPSA) is 56.7 Å². The van der Waals surface area contributed by atoms with Crippen LogP contribution in [0.3, 0.4) is 0 Å². The number of hydrogen-bond donors (Lipinski definition) is 1. The summed E-state index contributed by atoms with van der Waals surface area (Å²) < 4.78 is 2.07. The molecule has 0 bridgehead atoms. The molecule has 0 saturated heterocycles. The molecule has 0 saturated carbocycles. The molecule has 0 fully saturated rings. The molecule has 0 atom stereocenters. The number of hydrogen-bond acceptors (Lipinski definition) is 3. The summed E-state index contributed by atoms with van der Waals surface area (Å²) in [5.41, 5.74) is 10.5. The van der Waals surface area contributed by atoms with Crippen LogP contribution in [0.1, 0.15) is 18.2 Å². The first kappa shape index (κ1) is 14.7. The number of aryl methyl sites for hydroxylation is 3. The number of benzene rings is 2. The van der Waals surface area contributed by atoms with Crippen molar-refractivity contribution in [2.75, 3.05) is 5.73 Å². The summed E-state index contributed by atoms with van der Waals surface area (Å²) in [4.78, 5) is 4.51. The van der Waals surface area contributed by atoms with Crippen LogP contribution < -0.4 is 5.73 Å². The second kappa shape index (κ2) is 5.96. The van der Waals surface area contributed by atoms with Gasteiger partial charge in [0.25, 0.3) is 0 Å². The minimum Gasteiger partial charge on any atom is -0.382 e. The second-order valence-electron chi connectivity index (χ2n) is 5.99. The van der Waals surface area contributed by atoms with Gasteiger partial charge in [-0.3, -0.25) is 4.68 Å². The fourth-order valence-electron chi connectivity index (χ4n) is 3.35. The number of fused-ring (bicyclic) bond motifs is 3. The van der Waals surface area contributed by atoms with Gasteiger partial charge < -0.3 is 5.73 Å². The Labute approximate surface area is 140 Å². The van der Waals surface area contributed by atoms with Gasteiger partial charge in [-0.15, -0.1) is 0 Å². The summed E-state index contributed by atoms with van der Waals surface area (Å²) in [6, 6.07) is 18.7. The van der Waals surface area contributed by atoms with E-state index in [0.717, 1.165) is 41.2 Å². The molecule has 4 nitrogen and oxygen atoms in total. The van der Waals surface area contributed by atoms with Crippen LogP contribution >= 0.6 is 0 Å². The average Bonchev–Trinajstić information content (AvgIpc) is 3.00. The van der Waals surface area contributed by atoms with Crippen molar-refractivity contribution >= 4 is 27.6 Å². The van der Waals surface area contributed by atoms with E-state index in [1.54, 1.807) is 0 Å². The minimum atomic E-state index is 0.511. The van der Waals surface area contributed by atoms with Crippen LogP contribution in [0.25, 0.3) is 21.8 Å². The molecule has 2 aromatic heterocycles. The molecule has 0 aliphatic rings. The number of nitrogens with zero attached hydrogens (tertiary/aromatic N) is 3. The van der Waals surface area contributed by atoms with Gasteiger partial charge >= 0.3 is 0 Å². The highest BCUT2D eigenvalue weighted by Gasteiger charge is 2.16. The molecule has 0 amide bonds. The molecular formula is C20H20N4. The van der Waals surface area contributed by atoms with Crippen LogP contribution in [-0.4, -0.2) is 14.8 Å². The van der Waals surface area contributed by atoms with Crippen molar-refractivity contribution in [3.63, 3.8) is 0 Å². The van der Waals surface area contributed by atoms with Crippen molar-refractivity contribution in [2.24, 2.45) is 0 Å². The summed E-state index contributed by atoms with van der Waals surface area (Å²) in [6.45, 7) is 2.94. The molecule has 4 aromatic rings. The number of nitrogen functional groups attached to an aromatic ring is 1. The van der Waals surface area contributed by atoms with E-state index >= 15 is 0 Å². The standard InChI is InChI=1S/C20H20N4/c1-2-24-17(13-12-14-8-4-3-5-9-14)18-15-10-6-7-11-16(15)22-20(21)19(18)23-24/h3-11H,2,12-13H2,1H3,(H2,21,22). The molecule has 2 aromatic carbocycles. The highest BCUT2D eigenvalue weighted by molar-refractivity contribution is 6.09. The van der Waals surface area contributed by atoms with E-state index in [1.807, 2.05) is 18.2 Å². The average molecular weight is 316 g/mol. The van der Waals surface area contributed by atoms with E-state index in [1.165, 1.54) is 11.3 Å². The van der Waals surface area contributed by atoms with E-state index < -0.39 is 0 Å². The zero-order valence-corrected chi connectivity index (χ0v) is 13.7. The first-order chi connectivity index (χ1) is 11.8. The summed E-state index contributed by atoms with van der Waals surface area (Å²) in [5, 5.41) is 7.00. The maximum atomic E-state index is 6.18. The maximum absolute atomic E-state index is 6.18. The smallest absolute Gasteiger partial charge is 0.152 e. The lowest BCUT2D eigenvalue weighted by molar-refractivity contribution is 0.626. The fourth-order valence-corrected chi connectivity index (χ4v) is 3.35. The Balaban J connectivity index is 1.89. The van der Waals surface area contributed by atoms with Crippen LogP contribution in [0, 0.1) is 0 Å². The monoisotopic (exact) mass is 316 g/mol. The Hall–Kier alpha value is -2.88. The SMILES string of the molecule is CCn1nc2c(N)nc3ccccc3c2c1CCc1ccccc1. The molecule has 0 aliphatic carbocycles. The molecule has 24 heavy (non-hydrogen) atoms. The molecule has 0 aliphatic heterocycles. The lowest BCUT2D eigenvalue weighted by atomic mass is 10.0. The highest BCUT2D eigenvalue weighted by atomic mass is 15.3. The Morgan fingerprint density at radius 1 is 0.958 bits per heavy atom. The Kier molecular flexibility index (Phi) is 3.65. The van der Waals surface area contributed by atoms with Crippen molar-refractivity contribution < 1.29 is 0 Å². The van der Waals surface area contributed by atoms with Crippen LogP contribution in [0.2, 0.25) is 0 Å². The molecule has 4 rings (SSSR count). The summed E-state index contributed by atoms with van der Waals surface area (Å²) in [6.07, 6.45) is 1.92. The first-order valence-corrected chi connectivity index (χ1v) is 8.35. The van der Waals surface area contributed by atoms with Gasteiger partial charge in [-0.2, -0.15) is 5.10 Å². The van der Waals surface area contributed by atoms with Crippen molar-refractivity contribution in [3.8, 4) is 0 Å². The van der Waals surface area contributed by atoms with Gasteiger partial charge in [0, 0.05) is 23.0 Å². The lowest BCUT2D eigenvalue weighted by Crippen LogP contribution is -2.04. The van der Waals surface area contributed by atoms with Gasteiger partial charge in [0.15, 0.2) is 5.82 Å². The number of para-hydroxylation sites is 1. The van der Waals surface area contributed by atoms with E-state index in [-0.39, 0.29) is 0 Å². The predicted octanol–water partition coefficient (Wildman–Crippen LogP) is 3.97. The molecular weight excluding hydrogens is 296 g/mol. The van der Waals surface area contributed by atoms with Gasteiger partial charge in [0.1, 0.15) is 5.52 Å². The van der Waals surface area contributed by atoms with Crippen molar-refractivity contribution in [2.45, 2.75) is 26.3 Å². The van der Waals surface area contributed by atoms with Crippen molar-refractivity contribution in [1.29, 1.82) is 0 Å². The van der Waals surface area contributed by atoms with Crippen LogP contribution in [0.4, 0.5) is 5.82 Å². The molecule has 2 N–H and O–H groups in total. The lowest BCUT2D eigenvalue weighted by Gasteiger charge is -2.07. The van der Waals surface area contributed by atoms with Crippen molar-refractivity contribution in [1.82, 2.24) is 14.8 Å². The molecule has 120 valence electrons. The molecule has 0 unspecified atom stereocenters. The number of nitrogens with two attached hydrogens (primary N) is 1. The second-order valence-corrected chi connectivity index (χ2v) is 5.99. The first-order valence-electron chi connectivity index (χ1n) is 8.35. The summed E-state index contributed by atoms with van der Waals surface area (Å²) in [7, 11) is 0. The van der Waals surface area contributed by atoms with Crippen LogP contribution in [0.5, 0.6) is 0 Å². The van der Waals surface area contributed by atoms with E-state index in [9.17, 15) is 0 Å². The number of rotatable bonds is 4. The van der Waals surface area contributed by atoms with E-state index in [0.29, 0.717) is 5.82 Å². The molecule has 2 heterocycles. The van der Waals surface area contributed by atoms with Crippen LogP contribution in [0.15, 0.2) is 54.6 Å². The number of aromatic nitrogens is 3. The number of pyridine rings is 1. The third-order valence-corrected chi connectivity index (χ3v) is 4.51. The summed E-state index contributed by atoms with van der Waals surface area (Å²) in [5.74, 6) is 0.511.